The first-order valence-electron chi connectivity index (χ1n) is 7.73. The molecule has 1 aromatic carbocycles. The molecule has 2 bridgehead atoms. The molecule has 2 aliphatic heterocycles. The molecule has 0 amide bonds. The van der Waals surface area contributed by atoms with Crippen molar-refractivity contribution in [2.45, 2.75) is 49.8 Å². The number of piperidine rings is 1. The molecule has 4 nitrogen and oxygen atoms in total. The molecule has 2 aliphatic rings. The first kappa shape index (κ1) is 14.3. The normalized spacial score (nSPS) is 32.4. The molecule has 4 heteroatoms. The van der Waals surface area contributed by atoms with Gasteiger partial charge in [0, 0.05) is 25.7 Å². The molecule has 5 atom stereocenters. The lowest BCUT2D eigenvalue weighted by molar-refractivity contribution is -0.923. The van der Waals surface area contributed by atoms with E-state index < -0.39 is 11.9 Å². The summed E-state index contributed by atoms with van der Waals surface area (Å²) in [4.78, 5) is 25.2. The number of aldehydes is 1. The predicted octanol–water partition coefficient (Wildman–Crippen LogP) is 0.720. The van der Waals surface area contributed by atoms with E-state index in [0.29, 0.717) is 23.9 Å². The second kappa shape index (κ2) is 5.98. The van der Waals surface area contributed by atoms with Gasteiger partial charge in [0.2, 0.25) is 0 Å². The molecule has 2 saturated heterocycles. The maximum atomic E-state index is 12.3. The van der Waals surface area contributed by atoms with Crippen molar-refractivity contribution in [1.29, 1.82) is 0 Å². The van der Waals surface area contributed by atoms with Gasteiger partial charge in [0.25, 0.3) is 0 Å². The van der Waals surface area contributed by atoms with Crippen molar-refractivity contribution in [1.82, 2.24) is 0 Å². The third-order valence-electron chi connectivity index (χ3n) is 5.08. The van der Waals surface area contributed by atoms with Gasteiger partial charge >= 0.3 is 5.97 Å². The van der Waals surface area contributed by atoms with Crippen molar-refractivity contribution in [2.75, 3.05) is 7.05 Å². The van der Waals surface area contributed by atoms with Gasteiger partial charge in [0.05, 0.1) is 19.1 Å². The number of carbonyl (C=O) groups is 2. The Bertz CT molecular complexity index is 502. The summed E-state index contributed by atoms with van der Waals surface area (Å²) in [7, 11) is 2.23. The smallest absolute Gasteiger partial charge is 0.320 e. The van der Waals surface area contributed by atoms with Crippen molar-refractivity contribution in [3.05, 3.63) is 35.9 Å². The molecular formula is C17H22NO3+. The minimum Gasteiger partial charge on any atom is -0.461 e. The zero-order valence-corrected chi connectivity index (χ0v) is 12.3. The standard InChI is InChI=1S/C17H21NO3/c1-18-13-7-8-14(18)10-15(9-13)21-17(20)16(11-19)12-5-3-2-4-6-12/h2-6,11,13-16H,7-10H2,1H3/p+1/t13-,14+,15?,16?. The van der Waals surface area contributed by atoms with E-state index in [4.69, 9.17) is 4.74 Å². The fourth-order valence-corrected chi connectivity index (χ4v) is 3.79. The summed E-state index contributed by atoms with van der Waals surface area (Å²) in [6, 6.07) is 10.3. The van der Waals surface area contributed by atoms with Crippen molar-refractivity contribution in [3.63, 3.8) is 0 Å². The Kier molecular flexibility index (Phi) is 4.06. The number of nitrogens with one attached hydrogen (secondary N) is 1. The number of hydrogen-bond donors (Lipinski definition) is 1. The second-order valence-electron chi connectivity index (χ2n) is 6.27. The first-order chi connectivity index (χ1) is 10.2. The summed E-state index contributed by atoms with van der Waals surface area (Å²) < 4.78 is 5.64. The summed E-state index contributed by atoms with van der Waals surface area (Å²) in [6.45, 7) is 0. The fourth-order valence-electron chi connectivity index (χ4n) is 3.79. The quantitative estimate of drug-likeness (QED) is 0.504. The van der Waals surface area contributed by atoms with Gasteiger partial charge in [-0.05, 0) is 5.56 Å². The summed E-state index contributed by atoms with van der Waals surface area (Å²) in [6.07, 6.45) is 4.96. The predicted molar refractivity (Wildman–Crippen MR) is 78.1 cm³/mol. The van der Waals surface area contributed by atoms with Gasteiger partial charge in [-0.15, -0.1) is 0 Å². The van der Waals surface area contributed by atoms with E-state index in [-0.39, 0.29) is 6.10 Å². The van der Waals surface area contributed by atoms with Crippen LogP contribution in [0.1, 0.15) is 37.2 Å². The molecule has 3 unspecified atom stereocenters. The molecule has 1 N–H and O–H groups in total. The lowest BCUT2D eigenvalue weighted by Gasteiger charge is -2.33. The fraction of sp³-hybridized carbons (Fsp3) is 0.529. The van der Waals surface area contributed by atoms with Gasteiger partial charge < -0.3 is 14.4 Å². The van der Waals surface area contributed by atoms with Crippen LogP contribution in [0.2, 0.25) is 0 Å². The molecule has 1 aromatic rings. The van der Waals surface area contributed by atoms with Crippen LogP contribution in [0, 0.1) is 0 Å². The largest absolute Gasteiger partial charge is 0.461 e. The molecule has 0 spiro atoms. The SMILES string of the molecule is C[NH+]1[C@@H]2CC[C@H]1CC(OC(=O)C(C=O)c1ccccc1)C2. The highest BCUT2D eigenvalue weighted by Crippen LogP contribution is 2.26. The number of ether oxygens (including phenoxy) is 1. The Balaban J connectivity index is 1.65. The van der Waals surface area contributed by atoms with Crippen LogP contribution < -0.4 is 4.90 Å². The van der Waals surface area contributed by atoms with Crippen LogP contribution in [0.3, 0.4) is 0 Å². The Labute approximate surface area is 125 Å². The molecule has 0 aliphatic carbocycles. The number of benzene rings is 1. The van der Waals surface area contributed by atoms with Crippen molar-refractivity contribution in [2.24, 2.45) is 0 Å². The van der Waals surface area contributed by atoms with E-state index >= 15 is 0 Å². The molecule has 0 radical (unpaired) electrons. The molecule has 0 saturated carbocycles. The van der Waals surface area contributed by atoms with Gasteiger partial charge in [-0.3, -0.25) is 4.79 Å². The van der Waals surface area contributed by atoms with E-state index in [0.717, 1.165) is 12.8 Å². The van der Waals surface area contributed by atoms with Gasteiger partial charge in [-0.25, -0.2) is 0 Å². The first-order valence-corrected chi connectivity index (χ1v) is 7.73. The van der Waals surface area contributed by atoms with E-state index in [2.05, 4.69) is 7.05 Å². The van der Waals surface area contributed by atoms with Gasteiger partial charge in [-0.1, -0.05) is 30.3 Å². The Morgan fingerprint density at radius 2 is 1.86 bits per heavy atom. The number of fused-ring (bicyclic) bond motifs is 2. The minimum atomic E-state index is -0.796. The highest BCUT2D eigenvalue weighted by molar-refractivity contribution is 5.94. The summed E-state index contributed by atoms with van der Waals surface area (Å²) in [5, 5.41) is 0. The number of esters is 1. The number of hydrogen-bond acceptors (Lipinski definition) is 3. The number of rotatable bonds is 4. The monoisotopic (exact) mass is 288 g/mol. The zero-order chi connectivity index (χ0) is 14.8. The zero-order valence-electron chi connectivity index (χ0n) is 12.3. The topological polar surface area (TPSA) is 47.8 Å². The molecule has 2 heterocycles. The van der Waals surface area contributed by atoms with Crippen LogP contribution in [0.4, 0.5) is 0 Å². The Morgan fingerprint density at radius 3 is 2.43 bits per heavy atom. The summed E-state index contributed by atoms with van der Waals surface area (Å²) in [5.74, 6) is -1.20. The van der Waals surface area contributed by atoms with Gasteiger partial charge in [-0.2, -0.15) is 0 Å². The van der Waals surface area contributed by atoms with Crippen LogP contribution in [-0.2, 0) is 14.3 Å². The molecule has 21 heavy (non-hydrogen) atoms. The highest BCUT2D eigenvalue weighted by Gasteiger charge is 2.44. The lowest BCUT2D eigenvalue weighted by atomic mass is 9.98. The van der Waals surface area contributed by atoms with Crippen LogP contribution >= 0.6 is 0 Å². The van der Waals surface area contributed by atoms with E-state index in [1.807, 2.05) is 18.2 Å². The van der Waals surface area contributed by atoms with Gasteiger partial charge in [0.1, 0.15) is 18.3 Å². The molecule has 0 aromatic heterocycles. The lowest BCUT2D eigenvalue weighted by Crippen LogP contribution is -3.15. The minimum absolute atomic E-state index is 0.0233. The average Bonchev–Trinajstić information content (AvgIpc) is 2.72. The van der Waals surface area contributed by atoms with Crippen molar-refractivity contribution in [3.8, 4) is 0 Å². The Morgan fingerprint density at radius 1 is 1.24 bits per heavy atom. The molecule has 2 fully saturated rings. The van der Waals surface area contributed by atoms with Crippen molar-refractivity contribution < 1.29 is 19.2 Å². The second-order valence-corrected chi connectivity index (χ2v) is 6.27. The summed E-state index contributed by atoms with van der Waals surface area (Å²) in [5.41, 5.74) is 0.707. The van der Waals surface area contributed by atoms with Crippen LogP contribution in [-0.4, -0.2) is 37.5 Å². The van der Waals surface area contributed by atoms with Crippen LogP contribution in [0.25, 0.3) is 0 Å². The van der Waals surface area contributed by atoms with E-state index in [1.54, 1.807) is 17.0 Å². The molecular weight excluding hydrogens is 266 g/mol. The summed E-state index contributed by atoms with van der Waals surface area (Å²) >= 11 is 0. The maximum absolute atomic E-state index is 12.3. The third-order valence-corrected chi connectivity index (χ3v) is 5.08. The van der Waals surface area contributed by atoms with Crippen molar-refractivity contribution >= 4 is 12.3 Å². The average molecular weight is 288 g/mol. The molecule has 112 valence electrons. The third kappa shape index (κ3) is 2.86. The van der Waals surface area contributed by atoms with Crippen LogP contribution in [0.15, 0.2) is 30.3 Å². The van der Waals surface area contributed by atoms with Gasteiger partial charge in [0.15, 0.2) is 0 Å². The van der Waals surface area contributed by atoms with Crippen LogP contribution in [0.5, 0.6) is 0 Å². The maximum Gasteiger partial charge on any atom is 0.320 e. The molecule has 3 rings (SSSR count). The number of carbonyl (C=O) groups excluding carboxylic acids is 2. The Hall–Kier alpha value is -1.68. The van der Waals surface area contributed by atoms with E-state index in [9.17, 15) is 9.59 Å². The van der Waals surface area contributed by atoms with E-state index in [1.165, 1.54) is 12.8 Å². The number of quaternary nitrogens is 1. The highest BCUT2D eigenvalue weighted by atomic mass is 16.5.